The van der Waals surface area contributed by atoms with E-state index in [2.05, 4.69) is 27.2 Å². The summed E-state index contributed by atoms with van der Waals surface area (Å²) in [6.07, 6.45) is 10.8. The van der Waals surface area contributed by atoms with Gasteiger partial charge in [-0.05, 0) is 12.8 Å². The quantitative estimate of drug-likeness (QED) is 0.864. The lowest BCUT2D eigenvalue weighted by atomic mass is 10.4. The molecule has 1 fully saturated rings. The van der Waals surface area contributed by atoms with Gasteiger partial charge in [-0.3, -0.25) is 9.55 Å². The number of imidazole rings is 1. The molecule has 5 nitrogen and oxygen atoms in total. The van der Waals surface area contributed by atoms with Crippen LogP contribution in [-0.4, -0.2) is 25.6 Å². The van der Waals surface area contributed by atoms with Crippen molar-refractivity contribution >= 4 is 0 Å². The molecule has 0 aliphatic heterocycles. The van der Waals surface area contributed by atoms with E-state index in [9.17, 15) is 0 Å². The highest BCUT2D eigenvalue weighted by molar-refractivity contribution is 5.21. The topological polar surface area (TPSA) is 55.6 Å². The predicted molar refractivity (Wildman–Crippen MR) is 68.4 cm³/mol. The van der Waals surface area contributed by atoms with E-state index in [-0.39, 0.29) is 0 Å². The fraction of sp³-hybridized carbons (Fsp3) is 0.462. The number of hydrogen-bond acceptors (Lipinski definition) is 4. The van der Waals surface area contributed by atoms with Crippen LogP contribution < -0.4 is 5.32 Å². The fourth-order valence-corrected chi connectivity index (χ4v) is 1.90. The molecule has 0 radical (unpaired) electrons. The van der Waals surface area contributed by atoms with Crippen LogP contribution in [0, 0.1) is 0 Å². The molecule has 0 saturated heterocycles. The van der Waals surface area contributed by atoms with Gasteiger partial charge in [0.1, 0.15) is 5.82 Å². The van der Waals surface area contributed by atoms with Crippen LogP contribution >= 0.6 is 0 Å². The van der Waals surface area contributed by atoms with Gasteiger partial charge < -0.3 is 5.32 Å². The zero-order valence-corrected chi connectivity index (χ0v) is 10.5. The Morgan fingerprint density at radius 1 is 1.28 bits per heavy atom. The van der Waals surface area contributed by atoms with E-state index in [4.69, 9.17) is 0 Å². The lowest BCUT2D eigenvalue weighted by Crippen LogP contribution is -2.16. The van der Waals surface area contributed by atoms with E-state index in [1.54, 1.807) is 6.20 Å². The van der Waals surface area contributed by atoms with Crippen molar-refractivity contribution in [2.75, 3.05) is 0 Å². The third-order valence-electron chi connectivity index (χ3n) is 3.12. The summed E-state index contributed by atoms with van der Waals surface area (Å²) in [5.74, 6) is 1.84. The number of rotatable bonds is 5. The summed E-state index contributed by atoms with van der Waals surface area (Å²) in [5, 5.41) is 3.43. The highest BCUT2D eigenvalue weighted by atomic mass is 15.1. The average molecular weight is 243 g/mol. The lowest BCUT2D eigenvalue weighted by molar-refractivity contribution is 0.670. The molecule has 18 heavy (non-hydrogen) atoms. The Hall–Kier alpha value is -1.75. The van der Waals surface area contributed by atoms with Crippen LogP contribution in [0.4, 0.5) is 0 Å². The largest absolute Gasteiger partial charge is 0.308 e. The molecule has 3 rings (SSSR count). The van der Waals surface area contributed by atoms with E-state index in [1.165, 1.54) is 12.8 Å². The van der Waals surface area contributed by atoms with Gasteiger partial charge in [-0.1, -0.05) is 6.92 Å². The van der Waals surface area contributed by atoms with E-state index < -0.39 is 0 Å². The Kier molecular flexibility index (Phi) is 3.06. The first-order valence-corrected chi connectivity index (χ1v) is 6.43. The molecule has 2 aromatic rings. The molecule has 2 heterocycles. The van der Waals surface area contributed by atoms with Crippen LogP contribution in [0.5, 0.6) is 0 Å². The molecule has 1 aliphatic carbocycles. The summed E-state index contributed by atoms with van der Waals surface area (Å²) in [4.78, 5) is 13.2. The first-order chi connectivity index (χ1) is 8.86. The smallest absolute Gasteiger partial charge is 0.156 e. The second-order valence-electron chi connectivity index (χ2n) is 4.59. The highest BCUT2D eigenvalue weighted by Gasteiger charge is 2.20. The molecule has 0 atom stereocenters. The molecule has 1 aliphatic rings. The second-order valence-corrected chi connectivity index (χ2v) is 4.59. The summed E-state index contributed by atoms with van der Waals surface area (Å²) in [5.41, 5.74) is 0.990. The molecule has 0 spiro atoms. The van der Waals surface area contributed by atoms with Gasteiger partial charge in [-0.2, -0.15) is 0 Å². The monoisotopic (exact) mass is 243 g/mol. The molecule has 2 aromatic heterocycles. The molecule has 0 bridgehead atoms. The van der Waals surface area contributed by atoms with Gasteiger partial charge in [0.05, 0.1) is 18.1 Å². The molecule has 5 heteroatoms. The van der Waals surface area contributed by atoms with Crippen LogP contribution in [0.2, 0.25) is 0 Å². The second kappa shape index (κ2) is 4.86. The van der Waals surface area contributed by atoms with Crippen LogP contribution in [0.3, 0.4) is 0 Å². The van der Waals surface area contributed by atoms with Gasteiger partial charge in [-0.25, -0.2) is 9.97 Å². The SMILES string of the molecule is CCc1nccn1-c1cnc(CNC2CC2)cn1. The third kappa shape index (κ3) is 2.41. The van der Waals surface area contributed by atoms with E-state index in [0.29, 0.717) is 6.04 Å². The van der Waals surface area contributed by atoms with Crippen LogP contribution in [0.15, 0.2) is 24.8 Å². The van der Waals surface area contributed by atoms with Crippen molar-refractivity contribution in [1.29, 1.82) is 0 Å². The summed E-state index contributed by atoms with van der Waals surface area (Å²) in [6.45, 7) is 2.89. The highest BCUT2D eigenvalue weighted by Crippen LogP contribution is 2.19. The maximum Gasteiger partial charge on any atom is 0.156 e. The summed E-state index contributed by atoms with van der Waals surface area (Å²) < 4.78 is 1.98. The van der Waals surface area contributed by atoms with Crippen LogP contribution in [-0.2, 0) is 13.0 Å². The molecule has 0 unspecified atom stereocenters. The summed E-state index contributed by atoms with van der Waals surface area (Å²) >= 11 is 0. The first kappa shape index (κ1) is 11.3. The average Bonchev–Trinajstić information content (AvgIpc) is 3.12. The van der Waals surface area contributed by atoms with Crippen molar-refractivity contribution in [3.8, 4) is 5.82 Å². The van der Waals surface area contributed by atoms with Gasteiger partial charge in [0, 0.05) is 31.4 Å². The minimum absolute atomic E-state index is 0.701. The maximum absolute atomic E-state index is 4.45. The number of aromatic nitrogens is 4. The van der Waals surface area contributed by atoms with Crippen molar-refractivity contribution in [2.45, 2.75) is 38.8 Å². The maximum atomic E-state index is 4.45. The van der Waals surface area contributed by atoms with Crippen LogP contribution in [0.25, 0.3) is 5.82 Å². The Bertz CT molecular complexity index is 512. The third-order valence-corrected chi connectivity index (χ3v) is 3.12. The zero-order valence-electron chi connectivity index (χ0n) is 10.5. The van der Waals surface area contributed by atoms with Crippen molar-refractivity contribution in [2.24, 2.45) is 0 Å². The van der Waals surface area contributed by atoms with Gasteiger partial charge in [-0.15, -0.1) is 0 Å². The van der Waals surface area contributed by atoms with E-state index >= 15 is 0 Å². The fourth-order valence-electron chi connectivity index (χ4n) is 1.90. The zero-order chi connectivity index (χ0) is 12.4. The molecule has 0 aromatic carbocycles. The van der Waals surface area contributed by atoms with E-state index in [1.807, 2.05) is 23.2 Å². The molecular formula is C13H17N5. The first-order valence-electron chi connectivity index (χ1n) is 6.43. The van der Waals surface area contributed by atoms with Gasteiger partial charge >= 0.3 is 0 Å². The normalized spacial score (nSPS) is 14.9. The molecule has 94 valence electrons. The van der Waals surface area contributed by atoms with Crippen molar-refractivity contribution in [3.05, 3.63) is 36.3 Å². The Morgan fingerprint density at radius 2 is 2.17 bits per heavy atom. The minimum Gasteiger partial charge on any atom is -0.308 e. The van der Waals surface area contributed by atoms with Gasteiger partial charge in [0.25, 0.3) is 0 Å². The van der Waals surface area contributed by atoms with E-state index in [0.717, 1.165) is 30.3 Å². The van der Waals surface area contributed by atoms with Crippen molar-refractivity contribution < 1.29 is 0 Å². The minimum atomic E-state index is 0.701. The Balaban J connectivity index is 1.73. The molecular weight excluding hydrogens is 226 g/mol. The van der Waals surface area contributed by atoms with Crippen LogP contribution in [0.1, 0.15) is 31.3 Å². The molecule has 1 N–H and O–H groups in total. The Morgan fingerprint density at radius 3 is 2.83 bits per heavy atom. The molecule has 0 amide bonds. The lowest BCUT2D eigenvalue weighted by Gasteiger charge is -2.06. The van der Waals surface area contributed by atoms with Crippen molar-refractivity contribution in [1.82, 2.24) is 24.8 Å². The van der Waals surface area contributed by atoms with Gasteiger partial charge in [0.15, 0.2) is 5.82 Å². The number of nitrogens with zero attached hydrogens (tertiary/aromatic N) is 4. The summed E-state index contributed by atoms with van der Waals surface area (Å²) in [7, 11) is 0. The standard InChI is InChI=1S/C13H17N5/c1-2-12-14-5-6-18(12)13-9-16-11(8-17-13)7-15-10-3-4-10/h5-6,8-10,15H,2-4,7H2,1H3. The molecule has 1 saturated carbocycles. The number of aryl methyl sites for hydroxylation is 1. The predicted octanol–water partition coefficient (Wildman–Crippen LogP) is 1.48. The Labute approximate surface area is 106 Å². The summed E-state index contributed by atoms with van der Waals surface area (Å²) in [6, 6.07) is 0.701. The number of nitrogens with one attached hydrogen (secondary N) is 1. The van der Waals surface area contributed by atoms with Crippen molar-refractivity contribution in [3.63, 3.8) is 0 Å². The van der Waals surface area contributed by atoms with Gasteiger partial charge in [0.2, 0.25) is 0 Å². The number of hydrogen-bond donors (Lipinski definition) is 1.